The Morgan fingerprint density at radius 1 is 1.16 bits per heavy atom. The van der Waals surface area contributed by atoms with E-state index in [9.17, 15) is 14.0 Å². The number of carbonyl (C=O) groups excluding carboxylic acids is 2. The van der Waals surface area contributed by atoms with Crippen LogP contribution in [0.1, 0.15) is 26.7 Å². The molecule has 6 nitrogen and oxygen atoms in total. The largest absolute Gasteiger partial charge is 0.372 e. The van der Waals surface area contributed by atoms with Crippen LogP contribution in [0.25, 0.3) is 0 Å². The maximum atomic E-state index is 13.0. The third kappa shape index (κ3) is 4.10. The van der Waals surface area contributed by atoms with Crippen molar-refractivity contribution >= 4 is 17.6 Å². The van der Waals surface area contributed by atoms with E-state index >= 15 is 0 Å². The van der Waals surface area contributed by atoms with Crippen molar-refractivity contribution in [3.8, 4) is 0 Å². The van der Waals surface area contributed by atoms with Gasteiger partial charge in [-0.3, -0.25) is 4.79 Å². The lowest BCUT2D eigenvalue weighted by Crippen LogP contribution is -2.55. The van der Waals surface area contributed by atoms with Crippen molar-refractivity contribution in [2.24, 2.45) is 0 Å². The Kier molecular flexibility index (Phi) is 5.22. The first-order valence-electron chi connectivity index (χ1n) is 8.71. The fourth-order valence-corrected chi connectivity index (χ4v) is 3.56. The van der Waals surface area contributed by atoms with Crippen molar-refractivity contribution in [1.82, 2.24) is 9.80 Å². The summed E-state index contributed by atoms with van der Waals surface area (Å²) in [6, 6.07) is 4.82. The first-order chi connectivity index (χ1) is 11.9. The van der Waals surface area contributed by atoms with Crippen LogP contribution in [0.3, 0.4) is 0 Å². The van der Waals surface area contributed by atoms with Gasteiger partial charge in [-0.1, -0.05) is 0 Å². The van der Waals surface area contributed by atoms with Gasteiger partial charge >= 0.3 is 6.03 Å². The zero-order valence-corrected chi connectivity index (χ0v) is 14.6. The molecule has 25 heavy (non-hydrogen) atoms. The number of halogens is 1. The van der Waals surface area contributed by atoms with Crippen LogP contribution in [0.4, 0.5) is 14.9 Å². The van der Waals surface area contributed by atoms with E-state index < -0.39 is 6.04 Å². The molecule has 136 valence electrons. The molecule has 3 atom stereocenters. The maximum Gasteiger partial charge on any atom is 0.322 e. The molecular weight excluding hydrogens is 325 g/mol. The summed E-state index contributed by atoms with van der Waals surface area (Å²) in [5.74, 6) is -0.378. The SMILES string of the molecule is C[C@@H]1CN(C(=O)[C@@H]2CCCN2C(=O)Nc2ccc(F)cc2)C[C@H](C)O1. The average molecular weight is 349 g/mol. The van der Waals surface area contributed by atoms with E-state index in [0.29, 0.717) is 31.7 Å². The topological polar surface area (TPSA) is 61.9 Å². The molecule has 0 radical (unpaired) electrons. The Morgan fingerprint density at radius 2 is 1.80 bits per heavy atom. The van der Waals surface area contributed by atoms with Crippen LogP contribution in [-0.2, 0) is 9.53 Å². The molecule has 2 aliphatic heterocycles. The van der Waals surface area contributed by atoms with Crippen LogP contribution in [0.15, 0.2) is 24.3 Å². The molecule has 1 N–H and O–H groups in total. The summed E-state index contributed by atoms with van der Waals surface area (Å²) in [4.78, 5) is 28.8. The summed E-state index contributed by atoms with van der Waals surface area (Å²) >= 11 is 0. The number of nitrogens with one attached hydrogen (secondary N) is 1. The molecule has 0 bridgehead atoms. The van der Waals surface area contributed by atoms with Crippen molar-refractivity contribution in [2.45, 2.75) is 44.9 Å². The quantitative estimate of drug-likeness (QED) is 0.892. The molecule has 0 saturated carbocycles. The monoisotopic (exact) mass is 349 g/mol. The lowest BCUT2D eigenvalue weighted by Gasteiger charge is -2.38. The first-order valence-corrected chi connectivity index (χ1v) is 8.71. The Labute approximate surface area is 146 Å². The number of amides is 3. The first kappa shape index (κ1) is 17.7. The second kappa shape index (κ2) is 7.39. The maximum absolute atomic E-state index is 13.0. The number of morpholine rings is 1. The molecule has 3 rings (SSSR count). The standard InChI is InChI=1S/C18H24FN3O3/c1-12-10-21(11-13(2)25-12)17(23)16-4-3-9-22(16)18(24)20-15-7-5-14(19)6-8-15/h5-8,12-13,16H,3-4,9-11H2,1-2H3,(H,20,24)/t12-,13+,16-/m0/s1. The second-order valence-corrected chi connectivity index (χ2v) is 6.79. The number of anilines is 1. The number of ether oxygens (including phenoxy) is 1. The molecule has 1 aromatic rings. The van der Waals surface area contributed by atoms with E-state index in [-0.39, 0.29) is 30.0 Å². The van der Waals surface area contributed by atoms with Crippen LogP contribution in [0.2, 0.25) is 0 Å². The molecule has 1 aromatic carbocycles. The molecule has 0 unspecified atom stereocenters. The van der Waals surface area contributed by atoms with E-state index in [2.05, 4.69) is 5.32 Å². The third-order valence-corrected chi connectivity index (χ3v) is 4.63. The lowest BCUT2D eigenvalue weighted by molar-refractivity contribution is -0.146. The molecule has 0 spiro atoms. The van der Waals surface area contributed by atoms with Gasteiger partial charge in [0.25, 0.3) is 0 Å². The molecule has 2 aliphatic rings. The number of likely N-dealkylation sites (tertiary alicyclic amines) is 1. The number of nitrogens with zero attached hydrogens (tertiary/aromatic N) is 2. The second-order valence-electron chi connectivity index (χ2n) is 6.79. The minimum Gasteiger partial charge on any atom is -0.372 e. The third-order valence-electron chi connectivity index (χ3n) is 4.63. The fourth-order valence-electron chi connectivity index (χ4n) is 3.56. The highest BCUT2D eigenvalue weighted by atomic mass is 19.1. The van der Waals surface area contributed by atoms with Gasteiger partial charge in [-0.2, -0.15) is 0 Å². The molecule has 2 heterocycles. The predicted molar refractivity (Wildman–Crippen MR) is 91.7 cm³/mol. The normalized spacial score (nSPS) is 26.6. The average Bonchev–Trinajstić information content (AvgIpc) is 3.05. The summed E-state index contributed by atoms with van der Waals surface area (Å²) in [6.07, 6.45) is 1.45. The number of benzene rings is 1. The van der Waals surface area contributed by atoms with Gasteiger partial charge in [-0.15, -0.1) is 0 Å². The molecule has 2 saturated heterocycles. The Morgan fingerprint density at radius 3 is 2.44 bits per heavy atom. The van der Waals surface area contributed by atoms with E-state index in [4.69, 9.17) is 4.74 Å². The lowest BCUT2D eigenvalue weighted by atomic mass is 10.1. The van der Waals surface area contributed by atoms with Crippen LogP contribution in [0, 0.1) is 5.82 Å². The van der Waals surface area contributed by atoms with Gasteiger partial charge in [-0.25, -0.2) is 9.18 Å². The van der Waals surface area contributed by atoms with E-state index in [1.807, 2.05) is 13.8 Å². The minimum atomic E-state index is -0.446. The van der Waals surface area contributed by atoms with E-state index in [0.717, 1.165) is 6.42 Å². The number of urea groups is 1. The zero-order chi connectivity index (χ0) is 18.0. The van der Waals surface area contributed by atoms with Crippen molar-refractivity contribution < 1.29 is 18.7 Å². The zero-order valence-electron chi connectivity index (χ0n) is 14.6. The highest BCUT2D eigenvalue weighted by Crippen LogP contribution is 2.23. The van der Waals surface area contributed by atoms with Crippen LogP contribution < -0.4 is 5.32 Å². The van der Waals surface area contributed by atoms with Crippen LogP contribution >= 0.6 is 0 Å². The van der Waals surface area contributed by atoms with Gasteiger partial charge in [0.05, 0.1) is 12.2 Å². The van der Waals surface area contributed by atoms with E-state index in [1.54, 1.807) is 9.80 Å². The van der Waals surface area contributed by atoms with Crippen molar-refractivity contribution in [2.75, 3.05) is 25.0 Å². The number of hydrogen-bond donors (Lipinski definition) is 1. The summed E-state index contributed by atoms with van der Waals surface area (Å²) in [5, 5.41) is 2.74. The van der Waals surface area contributed by atoms with Gasteiger partial charge in [0.15, 0.2) is 0 Å². The molecule has 0 aliphatic carbocycles. The van der Waals surface area contributed by atoms with Gasteiger partial charge in [0, 0.05) is 25.3 Å². The van der Waals surface area contributed by atoms with E-state index in [1.165, 1.54) is 24.3 Å². The van der Waals surface area contributed by atoms with Crippen LogP contribution in [0.5, 0.6) is 0 Å². The van der Waals surface area contributed by atoms with Gasteiger partial charge in [-0.05, 0) is 51.0 Å². The molecule has 0 aromatic heterocycles. The highest BCUT2D eigenvalue weighted by Gasteiger charge is 2.38. The molecular formula is C18H24FN3O3. The number of hydrogen-bond acceptors (Lipinski definition) is 3. The minimum absolute atomic E-state index is 0.00408. The highest BCUT2D eigenvalue weighted by molar-refractivity contribution is 5.94. The smallest absolute Gasteiger partial charge is 0.322 e. The molecule has 3 amide bonds. The number of rotatable bonds is 2. The molecule has 7 heteroatoms. The van der Waals surface area contributed by atoms with Crippen molar-refractivity contribution in [3.63, 3.8) is 0 Å². The van der Waals surface area contributed by atoms with Gasteiger partial charge < -0.3 is 19.9 Å². The Hall–Kier alpha value is -2.15. The molecule has 2 fully saturated rings. The van der Waals surface area contributed by atoms with Gasteiger partial charge in [0.1, 0.15) is 11.9 Å². The predicted octanol–water partition coefficient (Wildman–Crippen LogP) is 2.46. The summed E-state index contributed by atoms with van der Waals surface area (Å²) in [7, 11) is 0. The van der Waals surface area contributed by atoms with Crippen molar-refractivity contribution in [3.05, 3.63) is 30.1 Å². The summed E-state index contributed by atoms with van der Waals surface area (Å²) < 4.78 is 18.7. The summed E-state index contributed by atoms with van der Waals surface area (Å²) in [6.45, 7) is 5.53. The Balaban J connectivity index is 1.66. The fraction of sp³-hybridized carbons (Fsp3) is 0.556. The van der Waals surface area contributed by atoms with Gasteiger partial charge in [0.2, 0.25) is 5.91 Å². The summed E-state index contributed by atoms with van der Waals surface area (Å²) in [5.41, 5.74) is 0.512. The van der Waals surface area contributed by atoms with Crippen molar-refractivity contribution in [1.29, 1.82) is 0 Å². The number of carbonyl (C=O) groups is 2. The Bertz CT molecular complexity index is 627. The van der Waals surface area contributed by atoms with Crippen LogP contribution in [-0.4, -0.2) is 59.6 Å².